The highest BCUT2D eigenvalue weighted by Gasteiger charge is 2.18. The van der Waals surface area contributed by atoms with Crippen molar-refractivity contribution in [2.45, 2.75) is 37.7 Å². The Morgan fingerprint density at radius 1 is 0.947 bits per heavy atom. The lowest BCUT2D eigenvalue weighted by molar-refractivity contribution is -0.139. The summed E-state index contributed by atoms with van der Waals surface area (Å²) in [6.45, 7) is 5.16. The molecule has 0 fully saturated rings. The summed E-state index contributed by atoms with van der Waals surface area (Å²) in [5.41, 5.74) is 1.83. The van der Waals surface area contributed by atoms with E-state index in [2.05, 4.69) is 20.4 Å². The van der Waals surface area contributed by atoms with Gasteiger partial charge in [-0.15, -0.1) is 0 Å². The number of amides is 2. The van der Waals surface area contributed by atoms with Crippen LogP contribution in [0.4, 0.5) is 4.79 Å². The van der Waals surface area contributed by atoms with Crippen LogP contribution in [0.25, 0.3) is 22.0 Å². The highest BCUT2D eigenvalue weighted by Crippen LogP contribution is 2.27. The first-order chi connectivity index (χ1) is 17.9. The number of ether oxygens (including phenoxy) is 2. The van der Waals surface area contributed by atoms with Gasteiger partial charge in [0.1, 0.15) is 12.1 Å². The molecule has 0 radical (unpaired) electrons. The lowest BCUT2D eigenvalue weighted by Gasteiger charge is -2.19. The molecular weight excluding hydrogens is 510 g/mol. The maximum Gasteiger partial charge on any atom is 0.407 e. The van der Waals surface area contributed by atoms with E-state index in [4.69, 9.17) is 4.74 Å². The third-order valence-corrected chi connectivity index (χ3v) is 7.23. The number of esters is 1. The van der Waals surface area contributed by atoms with E-state index in [0.29, 0.717) is 16.5 Å². The van der Waals surface area contributed by atoms with Crippen molar-refractivity contribution in [2.75, 3.05) is 26.0 Å². The molecule has 0 spiro atoms. The fourth-order valence-electron chi connectivity index (χ4n) is 3.58. The van der Waals surface area contributed by atoms with E-state index in [0.717, 1.165) is 11.1 Å². The number of fused-ring (bicyclic) bond motifs is 1. The van der Waals surface area contributed by atoms with E-state index in [1.165, 1.54) is 25.4 Å². The van der Waals surface area contributed by atoms with Crippen LogP contribution in [0, 0.1) is 0 Å². The number of sulfone groups is 1. The summed E-state index contributed by atoms with van der Waals surface area (Å²) < 4.78 is 35.2. The van der Waals surface area contributed by atoms with Gasteiger partial charge in [0.25, 0.3) is 5.91 Å². The molecule has 0 saturated carbocycles. The van der Waals surface area contributed by atoms with Gasteiger partial charge in [0.05, 0.1) is 28.8 Å². The van der Waals surface area contributed by atoms with E-state index in [1.54, 1.807) is 51.1 Å². The second-order valence-corrected chi connectivity index (χ2v) is 11.6. The van der Waals surface area contributed by atoms with E-state index in [-0.39, 0.29) is 30.2 Å². The topological polar surface area (TPSA) is 141 Å². The first-order valence-electron chi connectivity index (χ1n) is 11.9. The maximum absolute atomic E-state index is 12.7. The van der Waals surface area contributed by atoms with Gasteiger partial charge in [0.2, 0.25) is 0 Å². The zero-order valence-electron chi connectivity index (χ0n) is 21.7. The van der Waals surface area contributed by atoms with Gasteiger partial charge in [-0.1, -0.05) is 18.2 Å². The molecule has 2 amide bonds. The van der Waals surface area contributed by atoms with Gasteiger partial charge >= 0.3 is 12.1 Å². The van der Waals surface area contributed by atoms with Crippen molar-refractivity contribution in [1.29, 1.82) is 0 Å². The van der Waals surface area contributed by atoms with Crippen LogP contribution >= 0.6 is 0 Å². The number of rotatable bonds is 9. The van der Waals surface area contributed by atoms with Gasteiger partial charge in [-0.25, -0.2) is 13.2 Å². The van der Waals surface area contributed by atoms with Gasteiger partial charge in [0.15, 0.2) is 9.84 Å². The van der Waals surface area contributed by atoms with Crippen LogP contribution in [0.5, 0.6) is 0 Å². The second kappa shape index (κ2) is 12.0. The van der Waals surface area contributed by atoms with Crippen LogP contribution in [0.2, 0.25) is 0 Å². The molecule has 3 rings (SSSR count). The van der Waals surface area contributed by atoms with Gasteiger partial charge in [0, 0.05) is 18.1 Å². The first-order valence-corrected chi connectivity index (χ1v) is 13.6. The van der Waals surface area contributed by atoms with Gasteiger partial charge < -0.3 is 20.1 Å². The van der Waals surface area contributed by atoms with E-state index in [9.17, 15) is 22.8 Å². The smallest absolute Gasteiger partial charge is 0.407 e. The van der Waals surface area contributed by atoms with Crippen molar-refractivity contribution in [3.05, 3.63) is 60.3 Å². The Morgan fingerprint density at radius 2 is 1.63 bits per heavy atom. The standard InChI is InChI=1S/C27H31N3O7S/c1-27(2,3)37-26(33)29-13-5-15-38(34,35)20-9-6-18(7-10-20)19-8-11-23-22(16-19)21(12-14-28-23)25(32)30-17-24(31)36-4/h6-12,14,16H,5,13,15,17H2,1-4H3,(H,29,33)(H,30,32). The minimum Gasteiger partial charge on any atom is -0.468 e. The molecule has 3 aromatic rings. The van der Waals surface area contributed by atoms with Crippen molar-refractivity contribution >= 4 is 38.7 Å². The Bertz CT molecular complexity index is 1430. The fourth-order valence-corrected chi connectivity index (χ4v) is 4.89. The molecule has 0 bridgehead atoms. The molecule has 1 heterocycles. The summed E-state index contributed by atoms with van der Waals surface area (Å²) in [6.07, 6.45) is 1.16. The fraction of sp³-hybridized carbons (Fsp3) is 0.333. The van der Waals surface area contributed by atoms with Gasteiger partial charge in [-0.3, -0.25) is 14.6 Å². The summed E-state index contributed by atoms with van der Waals surface area (Å²) in [5, 5.41) is 5.66. The number of carbonyl (C=O) groups excluding carboxylic acids is 3. The highest BCUT2D eigenvalue weighted by molar-refractivity contribution is 7.91. The van der Waals surface area contributed by atoms with E-state index in [1.807, 2.05) is 6.07 Å². The molecule has 2 N–H and O–H groups in total. The zero-order chi connectivity index (χ0) is 27.9. The summed E-state index contributed by atoms with van der Waals surface area (Å²) in [7, 11) is -2.31. The van der Waals surface area contributed by atoms with Crippen LogP contribution in [-0.2, 0) is 24.1 Å². The summed E-state index contributed by atoms with van der Waals surface area (Å²) in [5.74, 6) is -1.14. The number of hydrogen-bond donors (Lipinski definition) is 2. The third kappa shape index (κ3) is 7.75. The van der Waals surface area contributed by atoms with Crippen molar-refractivity contribution in [3.8, 4) is 11.1 Å². The number of alkyl carbamates (subject to hydrolysis) is 1. The maximum atomic E-state index is 12.7. The summed E-state index contributed by atoms with van der Waals surface area (Å²) in [4.78, 5) is 40.2. The van der Waals surface area contributed by atoms with Crippen LogP contribution in [-0.4, -0.2) is 62.9 Å². The molecule has 11 heteroatoms. The largest absolute Gasteiger partial charge is 0.468 e. The number of hydrogen-bond acceptors (Lipinski definition) is 8. The minimum atomic E-state index is -3.55. The first kappa shape index (κ1) is 28.6. The van der Waals surface area contributed by atoms with Crippen LogP contribution < -0.4 is 10.6 Å². The molecule has 0 unspecified atom stereocenters. The molecule has 2 aromatic carbocycles. The minimum absolute atomic E-state index is 0.131. The molecule has 0 aliphatic carbocycles. The van der Waals surface area contributed by atoms with Gasteiger partial charge in [-0.05, 0) is 68.7 Å². The molecule has 0 atom stereocenters. The van der Waals surface area contributed by atoms with Crippen molar-refractivity contribution in [3.63, 3.8) is 0 Å². The van der Waals surface area contributed by atoms with Crippen LogP contribution in [0.1, 0.15) is 37.6 Å². The predicted molar refractivity (Wildman–Crippen MR) is 142 cm³/mol. The van der Waals surface area contributed by atoms with Crippen molar-refractivity contribution in [1.82, 2.24) is 15.6 Å². The van der Waals surface area contributed by atoms with E-state index >= 15 is 0 Å². The molecule has 0 aliphatic heterocycles. The molecule has 1 aromatic heterocycles. The van der Waals surface area contributed by atoms with Crippen molar-refractivity contribution < 1.29 is 32.3 Å². The number of nitrogens with one attached hydrogen (secondary N) is 2. The number of pyridine rings is 1. The molecular formula is C27H31N3O7S. The second-order valence-electron chi connectivity index (χ2n) is 9.47. The number of carbonyl (C=O) groups is 3. The Hall–Kier alpha value is -3.99. The van der Waals surface area contributed by atoms with Crippen LogP contribution in [0.15, 0.2) is 59.6 Å². The Balaban J connectivity index is 1.71. The number of nitrogens with zero attached hydrogens (tertiary/aromatic N) is 1. The summed E-state index contributed by atoms with van der Waals surface area (Å²) in [6, 6.07) is 13.4. The average molecular weight is 542 g/mol. The number of aromatic nitrogens is 1. The SMILES string of the molecule is COC(=O)CNC(=O)c1ccnc2ccc(-c3ccc(S(=O)(=O)CCCNC(=O)OC(C)(C)C)cc3)cc12. The molecule has 0 aliphatic rings. The Morgan fingerprint density at radius 3 is 2.29 bits per heavy atom. The predicted octanol–water partition coefficient (Wildman–Crippen LogP) is 3.49. The monoisotopic (exact) mass is 541 g/mol. The molecule has 10 nitrogen and oxygen atoms in total. The quantitative estimate of drug-likeness (QED) is 0.310. The molecule has 202 valence electrons. The molecule has 38 heavy (non-hydrogen) atoms. The third-order valence-electron chi connectivity index (χ3n) is 5.41. The average Bonchev–Trinajstić information content (AvgIpc) is 2.88. The lowest BCUT2D eigenvalue weighted by Crippen LogP contribution is -2.33. The number of benzene rings is 2. The Kier molecular flexibility index (Phi) is 9.05. The van der Waals surface area contributed by atoms with Crippen LogP contribution in [0.3, 0.4) is 0 Å². The molecule has 0 saturated heterocycles. The van der Waals surface area contributed by atoms with Gasteiger partial charge in [-0.2, -0.15) is 0 Å². The Labute approximate surface area is 221 Å². The normalized spacial score (nSPS) is 11.6. The summed E-state index contributed by atoms with van der Waals surface area (Å²) >= 11 is 0. The lowest BCUT2D eigenvalue weighted by atomic mass is 10.0. The zero-order valence-corrected chi connectivity index (χ0v) is 22.6. The number of methoxy groups -OCH3 is 1. The van der Waals surface area contributed by atoms with E-state index < -0.39 is 33.4 Å². The highest BCUT2D eigenvalue weighted by atomic mass is 32.2. The van der Waals surface area contributed by atoms with Crippen molar-refractivity contribution in [2.24, 2.45) is 0 Å².